The minimum atomic E-state index is -1.11. The lowest BCUT2D eigenvalue weighted by atomic mass is 9.85. The van der Waals surface area contributed by atoms with Gasteiger partial charge in [0.1, 0.15) is 23.3 Å². The van der Waals surface area contributed by atoms with Gasteiger partial charge >= 0.3 is 0 Å². The smallest absolute Gasteiger partial charge is 0.246 e. The van der Waals surface area contributed by atoms with E-state index in [4.69, 9.17) is 0 Å². The van der Waals surface area contributed by atoms with Crippen LogP contribution in [0.5, 0.6) is 0 Å². The van der Waals surface area contributed by atoms with Crippen molar-refractivity contribution in [2.24, 2.45) is 10.8 Å². The number of nitrogens with zero attached hydrogens (tertiary/aromatic N) is 3. The number of nitrogens with one attached hydrogen (secondary N) is 2. The number of amides is 3. The second-order valence-electron chi connectivity index (χ2n) is 11.2. The molecule has 1 saturated carbocycles. The topological polar surface area (TPSA) is 135 Å². The molecule has 3 N–H and O–H groups in total. The number of likely N-dealkylation sites (tertiary alicyclic amines) is 1. The predicted octanol–water partition coefficient (Wildman–Crippen LogP) is 2.67. The van der Waals surface area contributed by atoms with E-state index in [0.717, 1.165) is 10.6 Å². The molecule has 2 fully saturated rings. The first-order valence-corrected chi connectivity index (χ1v) is 13.4. The third-order valence-electron chi connectivity index (χ3n) is 7.17. The summed E-state index contributed by atoms with van der Waals surface area (Å²) in [4.78, 5) is 45.8. The molecule has 11 heteroatoms. The summed E-state index contributed by atoms with van der Waals surface area (Å²) in [5, 5.41) is 25.1. The van der Waals surface area contributed by atoms with E-state index in [-0.39, 0.29) is 25.1 Å². The summed E-state index contributed by atoms with van der Waals surface area (Å²) in [7, 11) is 0. The van der Waals surface area contributed by atoms with Crippen LogP contribution >= 0.6 is 11.3 Å². The largest absolute Gasteiger partial charge is 0.391 e. The van der Waals surface area contributed by atoms with E-state index < -0.39 is 52.6 Å². The van der Waals surface area contributed by atoms with Crippen molar-refractivity contribution >= 4 is 29.1 Å². The first-order valence-electron chi connectivity index (χ1n) is 12.5. The van der Waals surface area contributed by atoms with E-state index in [2.05, 4.69) is 15.6 Å². The number of halogens is 1. The van der Waals surface area contributed by atoms with Gasteiger partial charge in [-0.15, -0.1) is 11.3 Å². The van der Waals surface area contributed by atoms with Gasteiger partial charge in [-0.25, -0.2) is 9.37 Å². The highest BCUT2D eigenvalue weighted by Crippen LogP contribution is 2.45. The lowest BCUT2D eigenvalue weighted by molar-refractivity contribution is -0.144. The molecule has 0 bridgehead atoms. The van der Waals surface area contributed by atoms with Crippen molar-refractivity contribution in [2.75, 3.05) is 6.54 Å². The van der Waals surface area contributed by atoms with Crippen molar-refractivity contribution in [1.82, 2.24) is 20.5 Å². The number of rotatable bonds is 7. The third-order valence-corrected chi connectivity index (χ3v) is 8.14. The monoisotopic (exact) mass is 541 g/mol. The van der Waals surface area contributed by atoms with Crippen molar-refractivity contribution in [1.29, 1.82) is 5.26 Å². The van der Waals surface area contributed by atoms with Crippen LogP contribution in [0.4, 0.5) is 4.39 Å². The number of aliphatic hydroxyl groups excluding tert-OH is 1. The highest BCUT2D eigenvalue weighted by atomic mass is 32.1. The van der Waals surface area contributed by atoms with Crippen molar-refractivity contribution < 1.29 is 23.9 Å². The van der Waals surface area contributed by atoms with Gasteiger partial charge in [0.25, 0.3) is 0 Å². The first kappa shape index (κ1) is 27.7. The van der Waals surface area contributed by atoms with Crippen LogP contribution in [0, 0.1) is 34.9 Å². The standard InChI is InChI=1S/C27H32FN5O4S/c1-15-21(38-14-31-15)16-5-6-17(19(28)9-16)11-30-23(35)20-10-18(34)12-33(20)24(36)22(26(2,3)4)32-25(37)27(13-29)7-8-27/h5-6,9,14,18,20,22,34H,7-8,10-12H2,1-4H3,(H,30,35)(H,32,37)/t18-,20+,22-/m1/s1. The number of benzene rings is 1. The molecular weight excluding hydrogens is 509 g/mol. The van der Waals surface area contributed by atoms with Crippen LogP contribution < -0.4 is 10.6 Å². The molecule has 1 aliphatic carbocycles. The van der Waals surface area contributed by atoms with Gasteiger partial charge in [-0.05, 0) is 36.8 Å². The van der Waals surface area contributed by atoms with Gasteiger partial charge in [-0.2, -0.15) is 5.26 Å². The SMILES string of the molecule is Cc1ncsc1-c1ccc(CNC(=O)[C@@H]2C[C@@H](O)CN2C(=O)[C@@H](NC(=O)C2(C#N)CC2)C(C)(C)C)c(F)c1. The van der Waals surface area contributed by atoms with E-state index in [9.17, 15) is 29.1 Å². The molecule has 2 heterocycles. The number of nitriles is 1. The minimum Gasteiger partial charge on any atom is -0.391 e. The molecule has 4 rings (SSSR count). The predicted molar refractivity (Wildman–Crippen MR) is 139 cm³/mol. The molecule has 1 saturated heterocycles. The summed E-state index contributed by atoms with van der Waals surface area (Å²) in [6.07, 6.45) is -0.0142. The highest BCUT2D eigenvalue weighted by molar-refractivity contribution is 7.13. The number of hydrogen-bond donors (Lipinski definition) is 3. The number of hydrogen-bond acceptors (Lipinski definition) is 7. The molecule has 38 heavy (non-hydrogen) atoms. The van der Waals surface area contributed by atoms with E-state index in [1.165, 1.54) is 22.3 Å². The van der Waals surface area contributed by atoms with Crippen molar-refractivity contribution in [3.63, 3.8) is 0 Å². The van der Waals surface area contributed by atoms with Crippen molar-refractivity contribution in [2.45, 2.75) is 71.7 Å². The molecule has 202 valence electrons. The number of aliphatic hydroxyl groups is 1. The van der Waals surface area contributed by atoms with Gasteiger partial charge in [0.05, 0.1) is 28.3 Å². The van der Waals surface area contributed by atoms with E-state index >= 15 is 0 Å². The maximum absolute atomic E-state index is 14.8. The summed E-state index contributed by atoms with van der Waals surface area (Å²) in [5.74, 6) is -2.00. The number of aromatic nitrogens is 1. The Morgan fingerprint density at radius 2 is 2.05 bits per heavy atom. The summed E-state index contributed by atoms with van der Waals surface area (Å²) in [6, 6.07) is 4.83. The molecule has 3 atom stereocenters. The Hall–Kier alpha value is -3.36. The number of thiazole rings is 1. The fraction of sp³-hybridized carbons (Fsp3) is 0.519. The summed E-state index contributed by atoms with van der Waals surface area (Å²) >= 11 is 1.42. The second kappa shape index (κ2) is 10.4. The Labute approximate surface area is 225 Å². The maximum atomic E-state index is 14.8. The quantitative estimate of drug-likeness (QED) is 0.493. The first-order chi connectivity index (χ1) is 17.9. The Balaban J connectivity index is 1.45. The number of aryl methyl sites for hydroxylation is 1. The number of carbonyl (C=O) groups excluding carboxylic acids is 3. The lowest BCUT2D eigenvalue weighted by Gasteiger charge is -2.35. The van der Waals surface area contributed by atoms with Gasteiger partial charge < -0.3 is 20.6 Å². The molecule has 9 nitrogen and oxygen atoms in total. The molecule has 0 unspecified atom stereocenters. The molecule has 0 spiro atoms. The molecule has 1 aromatic heterocycles. The van der Waals surface area contributed by atoms with Crippen molar-refractivity contribution in [3.8, 4) is 16.5 Å². The van der Waals surface area contributed by atoms with Crippen LogP contribution in [0.3, 0.4) is 0 Å². The van der Waals surface area contributed by atoms with Crippen LogP contribution in [0.15, 0.2) is 23.7 Å². The fourth-order valence-corrected chi connectivity index (χ4v) is 5.42. The Kier molecular flexibility index (Phi) is 7.59. The van der Waals surface area contributed by atoms with Crippen molar-refractivity contribution in [3.05, 3.63) is 40.8 Å². The van der Waals surface area contributed by atoms with Gasteiger partial charge in [0.15, 0.2) is 0 Å². The van der Waals surface area contributed by atoms with E-state index in [1.807, 2.05) is 13.0 Å². The molecule has 0 radical (unpaired) electrons. The summed E-state index contributed by atoms with van der Waals surface area (Å²) < 4.78 is 14.8. The number of β-amino-alcohol motifs (C(OH)–C–C–N with tert-alkyl or cyclic N) is 1. The average Bonchev–Trinajstić information content (AvgIpc) is 3.40. The van der Waals surface area contributed by atoms with Gasteiger partial charge in [0.2, 0.25) is 17.7 Å². The zero-order valence-electron chi connectivity index (χ0n) is 21.9. The molecule has 2 aromatic rings. The highest BCUT2D eigenvalue weighted by Gasteiger charge is 2.53. The fourth-order valence-electron chi connectivity index (χ4n) is 4.62. The van der Waals surface area contributed by atoms with Crippen LogP contribution in [-0.2, 0) is 20.9 Å². The minimum absolute atomic E-state index is 0.0244. The normalized spacial score (nSPS) is 20.9. The molecule has 1 aromatic carbocycles. The van der Waals surface area contributed by atoms with Gasteiger partial charge in [-0.3, -0.25) is 14.4 Å². The summed E-state index contributed by atoms with van der Waals surface area (Å²) in [6.45, 7) is 7.03. The van der Waals surface area contributed by atoms with Crippen LogP contribution in [0.25, 0.3) is 10.4 Å². The van der Waals surface area contributed by atoms with Crippen LogP contribution in [0.2, 0.25) is 0 Å². The average molecular weight is 542 g/mol. The maximum Gasteiger partial charge on any atom is 0.246 e. The Bertz CT molecular complexity index is 1290. The van der Waals surface area contributed by atoms with Crippen LogP contribution in [-0.4, -0.2) is 57.4 Å². The summed E-state index contributed by atoms with van der Waals surface area (Å²) in [5.41, 5.74) is 1.67. The Morgan fingerprint density at radius 3 is 2.61 bits per heavy atom. The van der Waals surface area contributed by atoms with Gasteiger partial charge in [0, 0.05) is 25.1 Å². The van der Waals surface area contributed by atoms with Crippen LogP contribution in [0.1, 0.15) is 51.3 Å². The molecule has 2 aliphatic rings. The lowest BCUT2D eigenvalue weighted by Crippen LogP contribution is -2.58. The van der Waals surface area contributed by atoms with Gasteiger partial charge in [-0.1, -0.05) is 32.9 Å². The van der Waals surface area contributed by atoms with E-state index in [1.54, 1.807) is 38.4 Å². The zero-order valence-corrected chi connectivity index (χ0v) is 22.7. The second-order valence-corrected chi connectivity index (χ2v) is 12.0. The third kappa shape index (κ3) is 5.56. The zero-order chi connectivity index (χ0) is 27.8. The molecular formula is C27H32FN5O4S. The molecule has 3 amide bonds. The van der Waals surface area contributed by atoms with E-state index in [0.29, 0.717) is 18.4 Å². The number of carbonyl (C=O) groups is 3. The Morgan fingerprint density at radius 1 is 1.34 bits per heavy atom. The molecule has 1 aliphatic heterocycles.